The predicted octanol–water partition coefficient (Wildman–Crippen LogP) is 2.76. The molecule has 0 radical (unpaired) electrons. The summed E-state index contributed by atoms with van der Waals surface area (Å²) in [6, 6.07) is 14.1. The van der Waals surface area contributed by atoms with E-state index in [4.69, 9.17) is 16.0 Å². The molecule has 0 bridgehead atoms. The highest BCUT2D eigenvalue weighted by molar-refractivity contribution is 6.30. The van der Waals surface area contributed by atoms with Crippen molar-refractivity contribution in [2.45, 2.75) is 13.0 Å². The van der Waals surface area contributed by atoms with Crippen molar-refractivity contribution in [3.8, 4) is 11.5 Å². The lowest BCUT2D eigenvalue weighted by Gasteiger charge is -2.35. The summed E-state index contributed by atoms with van der Waals surface area (Å²) < 4.78 is 5.87. The fourth-order valence-corrected chi connectivity index (χ4v) is 3.77. The molecule has 0 spiro atoms. The van der Waals surface area contributed by atoms with Gasteiger partial charge in [0.2, 0.25) is 5.89 Å². The molecular formula is C20H21ClN5O3+. The lowest BCUT2D eigenvalue weighted by atomic mass is 10.2. The monoisotopic (exact) mass is 414 g/mol. The average Bonchev–Trinajstić information content (AvgIpc) is 3.24. The maximum Gasteiger partial charge on any atom is 0.274 e. The molecule has 4 rings (SSSR count). The van der Waals surface area contributed by atoms with Crippen LogP contribution in [0.3, 0.4) is 0 Å². The number of hydrogen-bond acceptors (Lipinski definition) is 6. The Kier molecular flexibility index (Phi) is 5.46. The third-order valence-electron chi connectivity index (χ3n) is 5.33. The number of quaternary nitrogens is 1. The SMILES string of the molecule is C[C@@H](c1nnc(-c2ccc([N+](=O)[O-])cc2)o1)[NH+]1CCN(c2cccc(Cl)c2)CC1. The molecule has 150 valence electrons. The highest BCUT2D eigenvalue weighted by Gasteiger charge is 2.29. The molecule has 29 heavy (non-hydrogen) atoms. The molecule has 9 heteroatoms. The molecule has 1 aromatic heterocycles. The molecule has 8 nitrogen and oxygen atoms in total. The Morgan fingerprint density at radius 3 is 2.55 bits per heavy atom. The van der Waals surface area contributed by atoms with E-state index < -0.39 is 4.92 Å². The van der Waals surface area contributed by atoms with Crippen molar-refractivity contribution < 1.29 is 14.2 Å². The molecule has 2 heterocycles. The minimum absolute atomic E-state index is 0.0314. The Labute approximate surface area is 172 Å². The smallest absolute Gasteiger partial charge is 0.274 e. The highest BCUT2D eigenvalue weighted by Crippen LogP contribution is 2.23. The van der Waals surface area contributed by atoms with Crippen LogP contribution in [0.2, 0.25) is 5.02 Å². The fourth-order valence-electron chi connectivity index (χ4n) is 3.58. The maximum absolute atomic E-state index is 10.8. The first-order valence-electron chi connectivity index (χ1n) is 9.44. The molecule has 0 saturated carbocycles. The zero-order chi connectivity index (χ0) is 20.4. The van der Waals surface area contributed by atoms with Gasteiger partial charge in [0.05, 0.1) is 31.1 Å². The third kappa shape index (κ3) is 4.23. The molecule has 0 aliphatic carbocycles. The molecule has 3 aromatic rings. The van der Waals surface area contributed by atoms with Crippen LogP contribution < -0.4 is 9.80 Å². The Hall–Kier alpha value is -2.97. The fraction of sp³-hybridized carbons (Fsp3) is 0.300. The summed E-state index contributed by atoms with van der Waals surface area (Å²) in [4.78, 5) is 14.1. The van der Waals surface area contributed by atoms with E-state index in [2.05, 4.69) is 28.1 Å². The predicted molar refractivity (Wildman–Crippen MR) is 109 cm³/mol. The Morgan fingerprint density at radius 2 is 1.90 bits per heavy atom. The first kappa shape index (κ1) is 19.4. The highest BCUT2D eigenvalue weighted by atomic mass is 35.5. The van der Waals surface area contributed by atoms with Gasteiger partial charge in [-0.05, 0) is 37.3 Å². The van der Waals surface area contributed by atoms with Crippen molar-refractivity contribution in [3.63, 3.8) is 0 Å². The summed E-state index contributed by atoms with van der Waals surface area (Å²) >= 11 is 6.11. The number of halogens is 1. The van der Waals surface area contributed by atoms with Gasteiger partial charge in [0.15, 0.2) is 6.04 Å². The standard InChI is InChI=1S/C20H20ClN5O3/c1-14(24-9-11-25(12-10-24)18-4-2-3-16(21)13-18)19-22-23-20(29-19)15-5-7-17(8-6-15)26(27)28/h2-8,13-14H,9-12H2,1H3/p+1/t14-/m0/s1. The molecule has 1 saturated heterocycles. The summed E-state index contributed by atoms with van der Waals surface area (Å²) in [6.07, 6.45) is 0. The molecule has 0 unspecified atom stereocenters. The molecular weight excluding hydrogens is 394 g/mol. The second kappa shape index (κ2) is 8.18. The molecule has 1 atom stereocenters. The van der Waals surface area contributed by atoms with Gasteiger partial charge in [-0.25, -0.2) is 0 Å². The van der Waals surface area contributed by atoms with E-state index in [0.717, 1.165) is 36.9 Å². The number of benzene rings is 2. The topological polar surface area (TPSA) is 89.7 Å². The third-order valence-corrected chi connectivity index (χ3v) is 5.56. The van der Waals surface area contributed by atoms with Crippen molar-refractivity contribution >= 4 is 23.0 Å². The maximum atomic E-state index is 10.8. The normalized spacial score (nSPS) is 16.0. The largest absolute Gasteiger partial charge is 0.415 e. The number of nitro benzene ring substituents is 1. The summed E-state index contributed by atoms with van der Waals surface area (Å²) in [7, 11) is 0. The van der Waals surface area contributed by atoms with Gasteiger partial charge in [-0.2, -0.15) is 0 Å². The van der Waals surface area contributed by atoms with E-state index in [9.17, 15) is 10.1 Å². The summed E-state index contributed by atoms with van der Waals surface area (Å²) in [5, 5.41) is 19.9. The number of anilines is 1. The van der Waals surface area contributed by atoms with E-state index in [0.29, 0.717) is 17.3 Å². The minimum Gasteiger partial charge on any atom is -0.415 e. The summed E-state index contributed by atoms with van der Waals surface area (Å²) in [5.41, 5.74) is 1.84. The summed E-state index contributed by atoms with van der Waals surface area (Å²) in [5.74, 6) is 0.947. The molecule has 1 fully saturated rings. The van der Waals surface area contributed by atoms with Crippen LogP contribution in [0.5, 0.6) is 0 Å². The minimum atomic E-state index is -0.433. The quantitative estimate of drug-likeness (QED) is 0.510. The van der Waals surface area contributed by atoms with Crippen molar-refractivity contribution in [1.82, 2.24) is 10.2 Å². The summed E-state index contributed by atoms with van der Waals surface area (Å²) in [6.45, 7) is 5.82. The first-order chi connectivity index (χ1) is 14.0. The van der Waals surface area contributed by atoms with E-state index in [1.54, 1.807) is 12.1 Å². The average molecular weight is 415 g/mol. The van der Waals surface area contributed by atoms with Crippen LogP contribution in [0, 0.1) is 10.1 Å². The van der Waals surface area contributed by atoms with Gasteiger partial charge in [0.1, 0.15) is 0 Å². The number of piperazine rings is 1. The van der Waals surface area contributed by atoms with Gasteiger partial charge in [0.25, 0.3) is 11.6 Å². The zero-order valence-electron chi connectivity index (χ0n) is 15.9. The molecule has 1 N–H and O–H groups in total. The van der Waals surface area contributed by atoms with Gasteiger partial charge >= 0.3 is 0 Å². The van der Waals surface area contributed by atoms with Gasteiger partial charge < -0.3 is 14.2 Å². The Balaban J connectivity index is 1.40. The number of non-ortho nitro benzene ring substituents is 1. The second-order valence-electron chi connectivity index (χ2n) is 7.10. The van der Waals surface area contributed by atoms with E-state index in [1.807, 2.05) is 18.2 Å². The van der Waals surface area contributed by atoms with E-state index in [-0.39, 0.29) is 11.7 Å². The number of nitrogens with one attached hydrogen (secondary N) is 1. The molecule has 1 aliphatic heterocycles. The Bertz CT molecular complexity index is 999. The van der Waals surface area contributed by atoms with Crippen LogP contribution in [0.15, 0.2) is 52.9 Å². The van der Waals surface area contributed by atoms with Crippen LogP contribution >= 0.6 is 11.6 Å². The van der Waals surface area contributed by atoms with E-state index >= 15 is 0 Å². The van der Waals surface area contributed by atoms with Gasteiger partial charge in [0, 0.05) is 28.4 Å². The van der Waals surface area contributed by atoms with Crippen LogP contribution in [-0.2, 0) is 0 Å². The Morgan fingerprint density at radius 1 is 1.17 bits per heavy atom. The van der Waals surface area contributed by atoms with Crippen molar-refractivity contribution in [1.29, 1.82) is 0 Å². The van der Waals surface area contributed by atoms with Crippen molar-refractivity contribution in [3.05, 3.63) is 69.6 Å². The molecule has 1 aliphatic rings. The van der Waals surface area contributed by atoms with Crippen LogP contribution in [0.25, 0.3) is 11.5 Å². The van der Waals surface area contributed by atoms with Crippen molar-refractivity contribution in [2.75, 3.05) is 31.1 Å². The van der Waals surface area contributed by atoms with Crippen LogP contribution in [0.1, 0.15) is 18.9 Å². The molecule has 0 amide bonds. The van der Waals surface area contributed by atoms with E-state index in [1.165, 1.54) is 17.0 Å². The molecule has 2 aromatic carbocycles. The van der Waals surface area contributed by atoms with Gasteiger partial charge in [-0.3, -0.25) is 10.1 Å². The number of nitrogens with zero attached hydrogens (tertiary/aromatic N) is 4. The number of nitro groups is 1. The van der Waals surface area contributed by atoms with Gasteiger partial charge in [-0.15, -0.1) is 10.2 Å². The van der Waals surface area contributed by atoms with Crippen LogP contribution in [0.4, 0.5) is 11.4 Å². The van der Waals surface area contributed by atoms with Crippen molar-refractivity contribution in [2.24, 2.45) is 0 Å². The van der Waals surface area contributed by atoms with Gasteiger partial charge in [-0.1, -0.05) is 17.7 Å². The second-order valence-corrected chi connectivity index (χ2v) is 7.53. The lowest BCUT2D eigenvalue weighted by molar-refractivity contribution is -0.931. The number of rotatable bonds is 5. The lowest BCUT2D eigenvalue weighted by Crippen LogP contribution is -3.14. The van der Waals surface area contributed by atoms with Crippen LogP contribution in [-0.4, -0.2) is 41.3 Å². The number of aromatic nitrogens is 2. The number of hydrogen-bond donors (Lipinski definition) is 1. The zero-order valence-corrected chi connectivity index (χ0v) is 16.7. The first-order valence-corrected chi connectivity index (χ1v) is 9.82.